The van der Waals surface area contributed by atoms with Crippen LogP contribution in [0.1, 0.15) is 18.3 Å². The standard InChI is InChI=1S/C16H18ClN3O2/c1-3-14-19-15(17)10(2)16(20-14)18-8-11-9-21-12-6-4-5-7-13(12)22-11/h4-7,11H,3,8-9H2,1-2H3,(H,18,19,20). The number of fused-ring (bicyclic) bond motifs is 1. The van der Waals surface area contributed by atoms with Gasteiger partial charge in [-0.25, -0.2) is 9.97 Å². The van der Waals surface area contributed by atoms with Gasteiger partial charge in [0.1, 0.15) is 29.5 Å². The maximum absolute atomic E-state index is 6.14. The number of ether oxygens (including phenoxy) is 2. The summed E-state index contributed by atoms with van der Waals surface area (Å²) in [6, 6.07) is 7.67. The Morgan fingerprint density at radius 3 is 2.82 bits per heavy atom. The smallest absolute Gasteiger partial charge is 0.161 e. The zero-order chi connectivity index (χ0) is 15.5. The molecule has 0 amide bonds. The summed E-state index contributed by atoms with van der Waals surface area (Å²) in [7, 11) is 0. The molecule has 6 heteroatoms. The van der Waals surface area contributed by atoms with Crippen LogP contribution >= 0.6 is 11.6 Å². The van der Waals surface area contributed by atoms with Crippen molar-refractivity contribution in [2.45, 2.75) is 26.4 Å². The van der Waals surface area contributed by atoms with Gasteiger partial charge in [-0.1, -0.05) is 30.7 Å². The van der Waals surface area contributed by atoms with Gasteiger partial charge in [0.25, 0.3) is 0 Å². The molecule has 5 nitrogen and oxygen atoms in total. The fourth-order valence-corrected chi connectivity index (χ4v) is 2.42. The lowest BCUT2D eigenvalue weighted by Crippen LogP contribution is -2.35. The van der Waals surface area contributed by atoms with Gasteiger partial charge in [0, 0.05) is 12.0 Å². The van der Waals surface area contributed by atoms with E-state index < -0.39 is 0 Å². The molecule has 1 unspecified atom stereocenters. The third-order valence-corrected chi connectivity index (χ3v) is 3.88. The fourth-order valence-electron chi connectivity index (χ4n) is 2.24. The minimum atomic E-state index is -0.0758. The Morgan fingerprint density at radius 1 is 1.27 bits per heavy atom. The summed E-state index contributed by atoms with van der Waals surface area (Å²) >= 11 is 6.14. The molecule has 2 heterocycles. The van der Waals surface area contributed by atoms with Gasteiger partial charge in [-0.15, -0.1) is 0 Å². The molecule has 0 radical (unpaired) electrons. The molecule has 0 aliphatic carbocycles. The average molecular weight is 320 g/mol. The molecule has 1 atom stereocenters. The van der Waals surface area contributed by atoms with E-state index in [2.05, 4.69) is 15.3 Å². The highest BCUT2D eigenvalue weighted by molar-refractivity contribution is 6.30. The predicted octanol–water partition coefficient (Wildman–Crippen LogP) is 3.25. The van der Waals surface area contributed by atoms with E-state index in [4.69, 9.17) is 21.1 Å². The van der Waals surface area contributed by atoms with Crippen LogP contribution in [0.15, 0.2) is 24.3 Å². The molecule has 116 valence electrons. The molecule has 3 rings (SSSR count). The van der Waals surface area contributed by atoms with Crippen molar-refractivity contribution in [3.8, 4) is 11.5 Å². The number of hydrogen-bond acceptors (Lipinski definition) is 5. The van der Waals surface area contributed by atoms with E-state index in [9.17, 15) is 0 Å². The van der Waals surface area contributed by atoms with Crippen molar-refractivity contribution in [2.75, 3.05) is 18.5 Å². The molecule has 1 N–H and O–H groups in total. The van der Waals surface area contributed by atoms with Crippen molar-refractivity contribution in [3.63, 3.8) is 0 Å². The van der Waals surface area contributed by atoms with Crippen molar-refractivity contribution >= 4 is 17.4 Å². The van der Waals surface area contributed by atoms with E-state index in [1.54, 1.807) is 0 Å². The van der Waals surface area contributed by atoms with Crippen LogP contribution in [0.2, 0.25) is 5.15 Å². The minimum Gasteiger partial charge on any atom is -0.486 e. The Labute approximate surface area is 134 Å². The number of benzene rings is 1. The van der Waals surface area contributed by atoms with Gasteiger partial charge in [0.05, 0.1) is 6.54 Å². The monoisotopic (exact) mass is 319 g/mol. The molecule has 0 bridgehead atoms. The summed E-state index contributed by atoms with van der Waals surface area (Å²) in [4.78, 5) is 8.71. The summed E-state index contributed by atoms with van der Waals surface area (Å²) in [6.45, 7) is 4.99. The SMILES string of the molecule is CCc1nc(Cl)c(C)c(NCC2COc3ccccc3O2)n1. The first-order chi connectivity index (χ1) is 10.7. The third-order valence-electron chi connectivity index (χ3n) is 3.51. The van der Waals surface area contributed by atoms with Crippen molar-refractivity contribution < 1.29 is 9.47 Å². The van der Waals surface area contributed by atoms with Crippen LogP contribution in [0.5, 0.6) is 11.5 Å². The van der Waals surface area contributed by atoms with Gasteiger partial charge >= 0.3 is 0 Å². The summed E-state index contributed by atoms with van der Waals surface area (Å²) in [5, 5.41) is 3.78. The highest BCUT2D eigenvalue weighted by Gasteiger charge is 2.21. The van der Waals surface area contributed by atoms with E-state index in [0.29, 0.717) is 18.3 Å². The molecular formula is C16H18ClN3O2. The summed E-state index contributed by atoms with van der Waals surface area (Å²) in [6.07, 6.45) is 0.665. The lowest BCUT2D eigenvalue weighted by atomic mass is 10.2. The summed E-state index contributed by atoms with van der Waals surface area (Å²) < 4.78 is 11.6. The molecule has 0 saturated heterocycles. The van der Waals surface area contributed by atoms with Crippen molar-refractivity contribution in [1.29, 1.82) is 0 Å². The maximum atomic E-state index is 6.14. The van der Waals surface area contributed by atoms with Crippen LogP contribution in [0.3, 0.4) is 0 Å². The van der Waals surface area contributed by atoms with E-state index in [1.807, 2.05) is 38.1 Å². The van der Waals surface area contributed by atoms with Gasteiger partial charge in [-0.3, -0.25) is 0 Å². The molecule has 22 heavy (non-hydrogen) atoms. The molecule has 1 aromatic carbocycles. The number of nitrogens with one attached hydrogen (secondary N) is 1. The van der Waals surface area contributed by atoms with E-state index in [-0.39, 0.29) is 6.10 Å². The second-order valence-electron chi connectivity index (χ2n) is 5.14. The lowest BCUT2D eigenvalue weighted by Gasteiger charge is -2.27. The Kier molecular flexibility index (Phi) is 4.34. The Morgan fingerprint density at radius 2 is 2.05 bits per heavy atom. The predicted molar refractivity (Wildman–Crippen MR) is 86.0 cm³/mol. The van der Waals surface area contributed by atoms with Crippen LogP contribution in [-0.4, -0.2) is 29.2 Å². The topological polar surface area (TPSA) is 56.3 Å². The Balaban J connectivity index is 1.68. The third kappa shape index (κ3) is 3.09. The van der Waals surface area contributed by atoms with Gasteiger partial charge in [-0.2, -0.15) is 0 Å². The molecule has 1 aromatic heterocycles. The second kappa shape index (κ2) is 6.40. The van der Waals surface area contributed by atoms with E-state index >= 15 is 0 Å². The van der Waals surface area contributed by atoms with Crippen LogP contribution in [-0.2, 0) is 6.42 Å². The highest BCUT2D eigenvalue weighted by Crippen LogP contribution is 2.31. The number of halogens is 1. The number of aryl methyl sites for hydroxylation is 1. The maximum Gasteiger partial charge on any atom is 0.161 e. The van der Waals surface area contributed by atoms with Crippen LogP contribution in [0.25, 0.3) is 0 Å². The van der Waals surface area contributed by atoms with Crippen LogP contribution in [0, 0.1) is 6.92 Å². The Bertz CT molecular complexity index is 678. The molecular weight excluding hydrogens is 302 g/mol. The first-order valence-corrected chi connectivity index (χ1v) is 7.70. The fraction of sp³-hybridized carbons (Fsp3) is 0.375. The number of para-hydroxylation sites is 2. The van der Waals surface area contributed by atoms with Crippen molar-refractivity contribution in [3.05, 3.63) is 40.8 Å². The highest BCUT2D eigenvalue weighted by atomic mass is 35.5. The molecule has 1 aliphatic rings. The largest absolute Gasteiger partial charge is 0.486 e. The number of aromatic nitrogens is 2. The van der Waals surface area contributed by atoms with Gasteiger partial charge in [0.2, 0.25) is 0 Å². The first kappa shape index (κ1) is 14.9. The van der Waals surface area contributed by atoms with Crippen molar-refractivity contribution in [2.24, 2.45) is 0 Å². The quantitative estimate of drug-likeness (QED) is 0.877. The van der Waals surface area contributed by atoms with Crippen molar-refractivity contribution in [1.82, 2.24) is 9.97 Å². The molecule has 0 fully saturated rings. The molecule has 1 aliphatic heterocycles. The van der Waals surface area contributed by atoms with Gasteiger partial charge in [-0.05, 0) is 19.1 Å². The number of rotatable bonds is 4. The average Bonchev–Trinajstić information content (AvgIpc) is 2.55. The zero-order valence-corrected chi connectivity index (χ0v) is 13.4. The van der Waals surface area contributed by atoms with Crippen LogP contribution < -0.4 is 14.8 Å². The van der Waals surface area contributed by atoms with Gasteiger partial charge in [0.15, 0.2) is 11.5 Å². The van der Waals surface area contributed by atoms with Crippen LogP contribution in [0.4, 0.5) is 5.82 Å². The minimum absolute atomic E-state index is 0.0758. The first-order valence-electron chi connectivity index (χ1n) is 7.32. The second-order valence-corrected chi connectivity index (χ2v) is 5.49. The summed E-state index contributed by atoms with van der Waals surface area (Å²) in [5.74, 6) is 3.03. The molecule has 0 spiro atoms. The normalized spacial score (nSPS) is 16.4. The number of anilines is 1. The number of nitrogens with zero attached hydrogens (tertiary/aromatic N) is 2. The lowest BCUT2D eigenvalue weighted by molar-refractivity contribution is 0.0997. The Hall–Kier alpha value is -2.01. The molecule has 0 saturated carbocycles. The van der Waals surface area contributed by atoms with E-state index in [0.717, 1.165) is 35.1 Å². The number of hydrogen-bond donors (Lipinski definition) is 1. The zero-order valence-electron chi connectivity index (χ0n) is 12.6. The van der Waals surface area contributed by atoms with Gasteiger partial charge < -0.3 is 14.8 Å². The molecule has 2 aromatic rings. The summed E-state index contributed by atoms with van der Waals surface area (Å²) in [5.41, 5.74) is 0.844. The van der Waals surface area contributed by atoms with E-state index in [1.165, 1.54) is 0 Å².